The largest absolute Gasteiger partial charge is 0.378 e. The second-order valence-electron chi connectivity index (χ2n) is 7.95. The zero-order valence-corrected chi connectivity index (χ0v) is 18.1. The molecule has 1 aliphatic rings. The van der Waals surface area contributed by atoms with E-state index in [1.807, 2.05) is 78.6 Å². The molecule has 0 aliphatic carbocycles. The lowest BCUT2D eigenvalue weighted by atomic mass is 10.1. The van der Waals surface area contributed by atoms with E-state index in [1.165, 1.54) is 6.92 Å². The van der Waals surface area contributed by atoms with E-state index < -0.39 is 0 Å². The van der Waals surface area contributed by atoms with Crippen molar-refractivity contribution in [1.29, 1.82) is 0 Å². The highest BCUT2D eigenvalue weighted by Crippen LogP contribution is 2.25. The van der Waals surface area contributed by atoms with E-state index in [1.54, 1.807) is 0 Å². The highest BCUT2D eigenvalue weighted by atomic mass is 16.2. The minimum Gasteiger partial charge on any atom is -0.378 e. The van der Waals surface area contributed by atoms with Gasteiger partial charge in [0.25, 0.3) is 5.91 Å². The second-order valence-corrected chi connectivity index (χ2v) is 7.95. The fraction of sp³-hybridized carbons (Fsp3) is 0.292. The van der Waals surface area contributed by atoms with Crippen LogP contribution in [0.25, 0.3) is 11.3 Å². The van der Waals surface area contributed by atoms with E-state index in [0.29, 0.717) is 31.6 Å². The first-order chi connectivity index (χ1) is 14.9. The molecular formula is C24H27N5O2. The average molecular weight is 418 g/mol. The van der Waals surface area contributed by atoms with Gasteiger partial charge in [-0.05, 0) is 42.0 Å². The molecule has 0 bridgehead atoms. The molecule has 0 saturated heterocycles. The van der Waals surface area contributed by atoms with E-state index in [0.717, 1.165) is 28.5 Å². The number of hydrogen-bond acceptors (Lipinski definition) is 4. The monoisotopic (exact) mass is 417 g/mol. The lowest BCUT2D eigenvalue weighted by Gasteiger charge is -2.21. The first kappa shape index (κ1) is 20.7. The Labute approximate surface area is 182 Å². The summed E-state index contributed by atoms with van der Waals surface area (Å²) in [6.45, 7) is 3.47. The number of carbonyl (C=O) groups is 2. The minimum atomic E-state index is -0.0907. The molecule has 2 heterocycles. The Morgan fingerprint density at radius 3 is 2.32 bits per heavy atom. The molecule has 1 aliphatic heterocycles. The maximum absolute atomic E-state index is 13.0. The normalized spacial score (nSPS) is 13.3. The van der Waals surface area contributed by atoms with Crippen LogP contribution in [0.5, 0.6) is 0 Å². The van der Waals surface area contributed by atoms with Crippen molar-refractivity contribution in [3.05, 3.63) is 66.1 Å². The predicted octanol–water partition coefficient (Wildman–Crippen LogP) is 3.27. The van der Waals surface area contributed by atoms with Crippen molar-refractivity contribution in [3.63, 3.8) is 0 Å². The van der Waals surface area contributed by atoms with Crippen LogP contribution in [-0.4, -0.2) is 53.5 Å². The number of aromatic nitrogens is 2. The van der Waals surface area contributed by atoms with E-state index >= 15 is 0 Å². The summed E-state index contributed by atoms with van der Waals surface area (Å²) in [5.41, 5.74) is 4.60. The molecule has 2 aromatic carbocycles. The number of anilines is 2. The summed E-state index contributed by atoms with van der Waals surface area (Å²) in [5.74, 6) is 0.948. The van der Waals surface area contributed by atoms with Gasteiger partial charge in [0.05, 0.1) is 11.9 Å². The molecule has 31 heavy (non-hydrogen) atoms. The van der Waals surface area contributed by atoms with Gasteiger partial charge in [0.1, 0.15) is 5.82 Å². The molecule has 0 radical (unpaired) electrons. The number of nitrogens with one attached hydrogen (secondary N) is 1. The molecule has 0 fully saturated rings. The SMILES string of the molecule is CC(=O)Nc1ccc(-c2cnc3n2CCN(C(=O)c2ccc(N(C)C)cc2)CC3)cc1. The third-order valence-corrected chi connectivity index (χ3v) is 5.56. The molecule has 7 heteroatoms. The summed E-state index contributed by atoms with van der Waals surface area (Å²) >= 11 is 0. The second kappa shape index (κ2) is 8.63. The average Bonchev–Trinajstić information content (AvgIpc) is 3.04. The van der Waals surface area contributed by atoms with E-state index in [2.05, 4.69) is 14.9 Å². The molecule has 0 unspecified atom stereocenters. The number of imidazole rings is 1. The number of rotatable bonds is 4. The van der Waals surface area contributed by atoms with Gasteiger partial charge in [-0.1, -0.05) is 12.1 Å². The number of amides is 2. The Morgan fingerprint density at radius 2 is 1.68 bits per heavy atom. The molecule has 7 nitrogen and oxygen atoms in total. The fourth-order valence-corrected chi connectivity index (χ4v) is 3.88. The maximum atomic E-state index is 13.0. The minimum absolute atomic E-state index is 0.0530. The maximum Gasteiger partial charge on any atom is 0.253 e. The zero-order valence-electron chi connectivity index (χ0n) is 18.1. The molecule has 1 aromatic heterocycles. The molecule has 0 spiro atoms. The van der Waals surface area contributed by atoms with Crippen LogP contribution in [0.3, 0.4) is 0 Å². The first-order valence-corrected chi connectivity index (χ1v) is 10.4. The van der Waals surface area contributed by atoms with Crippen molar-refractivity contribution in [1.82, 2.24) is 14.5 Å². The van der Waals surface area contributed by atoms with Crippen LogP contribution < -0.4 is 10.2 Å². The molecule has 3 aromatic rings. The third kappa shape index (κ3) is 4.45. The van der Waals surface area contributed by atoms with Gasteiger partial charge in [-0.3, -0.25) is 9.59 Å². The van der Waals surface area contributed by atoms with Crippen LogP contribution >= 0.6 is 0 Å². The van der Waals surface area contributed by atoms with Gasteiger partial charge >= 0.3 is 0 Å². The number of fused-ring (bicyclic) bond motifs is 1. The van der Waals surface area contributed by atoms with Gasteiger partial charge in [-0.2, -0.15) is 0 Å². The smallest absolute Gasteiger partial charge is 0.253 e. The van der Waals surface area contributed by atoms with Crippen LogP contribution in [0.2, 0.25) is 0 Å². The Balaban J connectivity index is 1.49. The van der Waals surface area contributed by atoms with Crippen LogP contribution in [0.15, 0.2) is 54.7 Å². The molecule has 1 N–H and O–H groups in total. The van der Waals surface area contributed by atoms with Gasteiger partial charge in [0.2, 0.25) is 5.91 Å². The third-order valence-electron chi connectivity index (χ3n) is 5.56. The standard InChI is InChI=1S/C24H27N5O2/c1-17(30)26-20-8-4-18(5-9-20)22-16-25-23-12-13-28(14-15-29(22)23)24(31)19-6-10-21(11-7-19)27(2)3/h4-11,16H,12-15H2,1-3H3,(H,26,30). The van der Waals surface area contributed by atoms with E-state index in [9.17, 15) is 9.59 Å². The van der Waals surface area contributed by atoms with Crippen molar-refractivity contribution in [2.75, 3.05) is 37.4 Å². The topological polar surface area (TPSA) is 70.5 Å². The summed E-state index contributed by atoms with van der Waals surface area (Å²) in [4.78, 5) is 32.8. The van der Waals surface area contributed by atoms with Crippen molar-refractivity contribution in [2.45, 2.75) is 19.9 Å². The molecule has 160 valence electrons. The van der Waals surface area contributed by atoms with Crippen LogP contribution in [-0.2, 0) is 17.8 Å². The van der Waals surface area contributed by atoms with Gasteiger partial charge in [0, 0.05) is 64.0 Å². The lowest BCUT2D eigenvalue weighted by molar-refractivity contribution is -0.114. The van der Waals surface area contributed by atoms with Crippen LogP contribution in [0, 0.1) is 0 Å². The quantitative estimate of drug-likeness (QED) is 0.707. The summed E-state index contributed by atoms with van der Waals surface area (Å²) in [7, 11) is 3.97. The summed E-state index contributed by atoms with van der Waals surface area (Å²) in [6.07, 6.45) is 2.60. The summed E-state index contributed by atoms with van der Waals surface area (Å²) in [6, 6.07) is 15.5. The Kier molecular flexibility index (Phi) is 5.75. The Hall–Kier alpha value is -3.61. The fourth-order valence-electron chi connectivity index (χ4n) is 3.88. The van der Waals surface area contributed by atoms with Crippen molar-refractivity contribution in [3.8, 4) is 11.3 Å². The Bertz CT molecular complexity index is 1080. The van der Waals surface area contributed by atoms with Gasteiger partial charge in [-0.15, -0.1) is 0 Å². The van der Waals surface area contributed by atoms with Gasteiger partial charge in [0.15, 0.2) is 0 Å². The highest BCUT2D eigenvalue weighted by molar-refractivity contribution is 5.94. The van der Waals surface area contributed by atoms with Gasteiger partial charge < -0.3 is 19.7 Å². The van der Waals surface area contributed by atoms with Crippen molar-refractivity contribution < 1.29 is 9.59 Å². The van der Waals surface area contributed by atoms with E-state index in [4.69, 9.17) is 0 Å². The van der Waals surface area contributed by atoms with Gasteiger partial charge in [-0.25, -0.2) is 4.98 Å². The number of hydrogen-bond donors (Lipinski definition) is 1. The number of carbonyl (C=O) groups excluding carboxylic acids is 2. The molecule has 0 atom stereocenters. The van der Waals surface area contributed by atoms with Crippen LogP contribution in [0.4, 0.5) is 11.4 Å². The molecule has 0 saturated carbocycles. The zero-order chi connectivity index (χ0) is 22.0. The number of nitrogens with zero attached hydrogens (tertiary/aromatic N) is 4. The predicted molar refractivity (Wildman–Crippen MR) is 122 cm³/mol. The highest BCUT2D eigenvalue weighted by Gasteiger charge is 2.22. The van der Waals surface area contributed by atoms with Crippen molar-refractivity contribution in [2.24, 2.45) is 0 Å². The van der Waals surface area contributed by atoms with Crippen LogP contribution in [0.1, 0.15) is 23.1 Å². The number of benzene rings is 2. The molecule has 2 amide bonds. The molecular weight excluding hydrogens is 390 g/mol. The lowest BCUT2D eigenvalue weighted by Crippen LogP contribution is -2.33. The first-order valence-electron chi connectivity index (χ1n) is 10.4. The Morgan fingerprint density at radius 1 is 0.968 bits per heavy atom. The van der Waals surface area contributed by atoms with Crippen molar-refractivity contribution >= 4 is 23.2 Å². The molecule has 4 rings (SSSR count). The summed E-state index contributed by atoms with van der Waals surface area (Å²) < 4.78 is 2.19. The van der Waals surface area contributed by atoms with E-state index in [-0.39, 0.29) is 11.8 Å². The summed E-state index contributed by atoms with van der Waals surface area (Å²) in [5, 5.41) is 2.78.